The molecule has 0 aromatic rings. The molecule has 1 unspecified atom stereocenters. The molecule has 0 saturated heterocycles. The van der Waals surface area contributed by atoms with Gasteiger partial charge in [0.25, 0.3) is 0 Å². The molecule has 0 aromatic carbocycles. The third-order valence-corrected chi connectivity index (χ3v) is 3.55. The quantitative estimate of drug-likeness (QED) is 0.584. The molecular weight excluding hydrogens is 224 g/mol. The van der Waals surface area contributed by atoms with Crippen molar-refractivity contribution in [1.29, 1.82) is 0 Å². The fourth-order valence-electron chi connectivity index (χ4n) is 1.32. The summed E-state index contributed by atoms with van der Waals surface area (Å²) in [4.78, 5) is 16.0. The van der Waals surface area contributed by atoms with Gasteiger partial charge in [-0.15, -0.1) is 0 Å². The van der Waals surface area contributed by atoms with E-state index in [-0.39, 0.29) is 5.57 Å². The number of aliphatic imine (C=N–C) groups is 1. The summed E-state index contributed by atoms with van der Waals surface area (Å²) in [5.41, 5.74) is 0.520. The Kier molecular flexibility index (Phi) is 3.48. The lowest BCUT2D eigenvalue weighted by atomic mass is 10.0. The van der Waals surface area contributed by atoms with Gasteiger partial charge in [0.05, 0.1) is 0 Å². The van der Waals surface area contributed by atoms with Gasteiger partial charge in [0.2, 0.25) is 0 Å². The normalized spacial score (nSPS) is 26.0. The van der Waals surface area contributed by atoms with Gasteiger partial charge in [-0.2, -0.15) is 0 Å². The average molecular weight is 240 g/mol. The summed E-state index contributed by atoms with van der Waals surface area (Å²) >= 11 is 5.21. The lowest BCUT2D eigenvalue weighted by Crippen LogP contribution is -2.35. The number of amidine groups is 1. The van der Waals surface area contributed by atoms with Gasteiger partial charge in [-0.1, -0.05) is 19.1 Å². The molecule has 1 aliphatic heterocycles. The maximum Gasteiger partial charge on any atom is 0.331 e. The van der Waals surface area contributed by atoms with Crippen molar-refractivity contribution in [3.05, 3.63) is 11.1 Å². The molecule has 16 heavy (non-hydrogen) atoms. The van der Waals surface area contributed by atoms with Crippen LogP contribution >= 0.6 is 12.2 Å². The zero-order chi connectivity index (χ0) is 12.5. The third kappa shape index (κ3) is 2.14. The Balaban J connectivity index is 3.11. The van der Waals surface area contributed by atoms with E-state index in [0.29, 0.717) is 16.4 Å². The van der Waals surface area contributed by atoms with Crippen LogP contribution < -0.4 is 5.32 Å². The molecule has 0 spiro atoms. The fraction of sp³-hybridized carbons (Fsp3) is 0.545. The van der Waals surface area contributed by atoms with Crippen molar-refractivity contribution in [2.45, 2.75) is 39.7 Å². The van der Waals surface area contributed by atoms with E-state index in [1.165, 1.54) is 0 Å². The van der Waals surface area contributed by atoms with E-state index in [2.05, 4.69) is 10.3 Å². The van der Waals surface area contributed by atoms with E-state index in [1.807, 2.05) is 13.8 Å². The standard InChI is InChI=1S/C11H16N2O2S/c1-5-11(4)10(16)12-8(13-11)6(2)7(3)9(14)15/h5H2,1-4H3,(H,14,15)(H,12,13,16)/b7-6-. The van der Waals surface area contributed by atoms with E-state index in [0.717, 1.165) is 6.42 Å². The smallest absolute Gasteiger partial charge is 0.331 e. The van der Waals surface area contributed by atoms with Crippen molar-refractivity contribution < 1.29 is 9.90 Å². The molecule has 1 rings (SSSR count). The van der Waals surface area contributed by atoms with Gasteiger partial charge < -0.3 is 10.4 Å². The molecule has 1 aliphatic rings. The van der Waals surface area contributed by atoms with Crippen molar-refractivity contribution in [2.75, 3.05) is 0 Å². The summed E-state index contributed by atoms with van der Waals surface area (Å²) in [7, 11) is 0. The largest absolute Gasteiger partial charge is 0.478 e. The highest BCUT2D eigenvalue weighted by molar-refractivity contribution is 7.80. The molecule has 0 aliphatic carbocycles. The Morgan fingerprint density at radius 2 is 2.12 bits per heavy atom. The third-order valence-electron chi connectivity index (χ3n) is 3.01. The molecule has 0 saturated carbocycles. The maximum absolute atomic E-state index is 10.8. The van der Waals surface area contributed by atoms with Crippen molar-refractivity contribution >= 4 is 29.0 Å². The minimum Gasteiger partial charge on any atom is -0.478 e. The number of nitrogens with one attached hydrogen (secondary N) is 1. The highest BCUT2D eigenvalue weighted by Crippen LogP contribution is 2.23. The number of hydrogen-bond acceptors (Lipinski definition) is 3. The lowest BCUT2D eigenvalue weighted by Gasteiger charge is -2.16. The van der Waals surface area contributed by atoms with Crippen LogP contribution in [0, 0.1) is 0 Å². The van der Waals surface area contributed by atoms with E-state index in [9.17, 15) is 4.79 Å². The fourth-order valence-corrected chi connectivity index (χ4v) is 1.61. The number of thiocarbonyl (C=S) groups is 1. The summed E-state index contributed by atoms with van der Waals surface area (Å²) in [5, 5.41) is 11.9. The van der Waals surface area contributed by atoms with Gasteiger partial charge in [0.15, 0.2) is 0 Å². The second kappa shape index (κ2) is 4.33. The number of aliphatic carboxylic acids is 1. The van der Waals surface area contributed by atoms with E-state index in [4.69, 9.17) is 17.3 Å². The maximum atomic E-state index is 10.8. The summed E-state index contributed by atoms with van der Waals surface area (Å²) < 4.78 is 0. The van der Waals surface area contributed by atoms with Crippen LogP contribution in [0.4, 0.5) is 0 Å². The molecule has 1 heterocycles. The molecular formula is C11H16N2O2S. The van der Waals surface area contributed by atoms with Crippen molar-refractivity contribution in [3.63, 3.8) is 0 Å². The zero-order valence-corrected chi connectivity index (χ0v) is 10.7. The Bertz CT molecular complexity index is 412. The van der Waals surface area contributed by atoms with Crippen molar-refractivity contribution in [1.82, 2.24) is 5.32 Å². The van der Waals surface area contributed by atoms with Crippen LogP contribution in [0.25, 0.3) is 0 Å². The van der Waals surface area contributed by atoms with Crippen LogP contribution in [0.5, 0.6) is 0 Å². The minimum absolute atomic E-state index is 0.286. The predicted molar refractivity (Wildman–Crippen MR) is 67.9 cm³/mol. The monoisotopic (exact) mass is 240 g/mol. The van der Waals surface area contributed by atoms with Crippen LogP contribution in [0.15, 0.2) is 16.1 Å². The number of nitrogens with zero attached hydrogens (tertiary/aromatic N) is 1. The highest BCUT2D eigenvalue weighted by Gasteiger charge is 2.34. The molecule has 1 atom stereocenters. The van der Waals surface area contributed by atoms with Crippen LogP contribution in [-0.2, 0) is 4.79 Å². The molecule has 0 radical (unpaired) electrons. The first kappa shape index (κ1) is 12.8. The Hall–Kier alpha value is -1.23. The summed E-state index contributed by atoms with van der Waals surface area (Å²) in [6.07, 6.45) is 0.793. The lowest BCUT2D eigenvalue weighted by molar-refractivity contribution is -0.132. The summed E-state index contributed by atoms with van der Waals surface area (Å²) in [6.45, 7) is 7.24. The molecule has 0 fully saturated rings. The molecule has 0 bridgehead atoms. The van der Waals surface area contributed by atoms with E-state index in [1.54, 1.807) is 13.8 Å². The van der Waals surface area contributed by atoms with Gasteiger partial charge in [0.1, 0.15) is 16.4 Å². The molecule has 2 N–H and O–H groups in total. The van der Waals surface area contributed by atoms with Crippen molar-refractivity contribution in [3.8, 4) is 0 Å². The first-order chi connectivity index (χ1) is 7.31. The van der Waals surface area contributed by atoms with Crippen LogP contribution in [0.1, 0.15) is 34.1 Å². The van der Waals surface area contributed by atoms with Gasteiger partial charge in [-0.25, -0.2) is 4.79 Å². The molecule has 4 nitrogen and oxygen atoms in total. The number of carbonyl (C=O) groups is 1. The van der Waals surface area contributed by atoms with Gasteiger partial charge >= 0.3 is 5.97 Å². The van der Waals surface area contributed by atoms with Crippen molar-refractivity contribution in [2.24, 2.45) is 4.99 Å². The highest BCUT2D eigenvalue weighted by atomic mass is 32.1. The van der Waals surface area contributed by atoms with E-state index >= 15 is 0 Å². The first-order valence-electron chi connectivity index (χ1n) is 5.14. The van der Waals surface area contributed by atoms with E-state index < -0.39 is 11.5 Å². The Morgan fingerprint density at radius 1 is 1.56 bits per heavy atom. The Labute approximate surface area is 100 Å². The average Bonchev–Trinajstić information content (AvgIpc) is 2.54. The summed E-state index contributed by atoms with van der Waals surface area (Å²) in [5.74, 6) is -0.354. The summed E-state index contributed by atoms with van der Waals surface area (Å²) in [6, 6.07) is 0. The number of rotatable bonds is 3. The molecule has 0 aromatic heterocycles. The number of carboxylic acid groups (broad SMARTS) is 1. The Morgan fingerprint density at radius 3 is 2.50 bits per heavy atom. The second-order valence-electron chi connectivity index (χ2n) is 4.10. The van der Waals surface area contributed by atoms with Crippen LogP contribution in [0.2, 0.25) is 0 Å². The van der Waals surface area contributed by atoms with Gasteiger partial charge in [-0.05, 0) is 27.2 Å². The SMILES string of the molecule is CCC1(C)N=C(/C(C)=C(/C)C(=O)O)NC1=S. The molecule has 5 heteroatoms. The predicted octanol–water partition coefficient (Wildman–Crippen LogP) is 1.91. The van der Waals surface area contributed by atoms with Gasteiger partial charge in [0, 0.05) is 11.1 Å². The zero-order valence-electron chi connectivity index (χ0n) is 9.92. The number of carboxylic acids is 1. The van der Waals surface area contributed by atoms with Gasteiger partial charge in [-0.3, -0.25) is 4.99 Å². The number of hydrogen-bond donors (Lipinski definition) is 2. The van der Waals surface area contributed by atoms with Crippen LogP contribution in [-0.4, -0.2) is 27.4 Å². The minimum atomic E-state index is -0.932. The topological polar surface area (TPSA) is 61.7 Å². The second-order valence-corrected chi connectivity index (χ2v) is 4.51. The molecule has 0 amide bonds. The molecule has 88 valence electrons. The first-order valence-corrected chi connectivity index (χ1v) is 5.55. The van der Waals surface area contributed by atoms with Crippen LogP contribution in [0.3, 0.4) is 0 Å².